The number of amides is 1. The number of nitrogens with zero attached hydrogens (tertiary/aromatic N) is 2. The molecule has 0 spiro atoms. The highest BCUT2D eigenvalue weighted by Crippen LogP contribution is 2.26. The van der Waals surface area contributed by atoms with E-state index in [1.807, 2.05) is 44.0 Å². The Hall–Kier alpha value is -2.77. The van der Waals surface area contributed by atoms with E-state index in [0.717, 1.165) is 29.8 Å². The molecule has 2 aliphatic rings. The number of hydrogen-bond donors (Lipinski definition) is 2. The van der Waals surface area contributed by atoms with Gasteiger partial charge in [0.25, 0.3) is 0 Å². The molecule has 176 valence electrons. The molecular formula is C24H37N4O4+. The van der Waals surface area contributed by atoms with Crippen molar-refractivity contribution < 1.29 is 23.6 Å². The number of benzene rings is 1. The van der Waals surface area contributed by atoms with Gasteiger partial charge in [0, 0.05) is 25.1 Å². The zero-order valence-electron chi connectivity index (χ0n) is 19.6. The molecule has 8 heteroatoms. The predicted molar refractivity (Wildman–Crippen MR) is 124 cm³/mol. The van der Waals surface area contributed by atoms with E-state index < -0.39 is 0 Å². The van der Waals surface area contributed by atoms with Crippen LogP contribution in [0.25, 0.3) is 0 Å². The van der Waals surface area contributed by atoms with Gasteiger partial charge >= 0.3 is 11.9 Å². The van der Waals surface area contributed by atoms with Crippen molar-refractivity contribution in [2.24, 2.45) is 5.73 Å². The largest absolute Gasteiger partial charge is 0.494 e. The van der Waals surface area contributed by atoms with Crippen molar-refractivity contribution in [2.45, 2.75) is 77.5 Å². The van der Waals surface area contributed by atoms with Crippen molar-refractivity contribution in [1.82, 2.24) is 4.90 Å². The molecule has 0 aromatic heterocycles. The number of fused-ring (bicyclic) bond motifs is 1. The molecule has 32 heavy (non-hydrogen) atoms. The molecule has 0 bridgehead atoms. The third-order valence-corrected chi connectivity index (χ3v) is 6.05. The smallest absolute Gasteiger partial charge is 0.349 e. The molecule has 0 saturated heterocycles. The molecule has 3 rings (SSSR count). The van der Waals surface area contributed by atoms with E-state index in [0.29, 0.717) is 38.0 Å². The van der Waals surface area contributed by atoms with Crippen LogP contribution in [0.4, 0.5) is 5.69 Å². The number of carbonyl (C=O) groups excluding carboxylic acids is 2. The Morgan fingerprint density at radius 1 is 1.25 bits per heavy atom. The molecule has 3 N–H and O–H groups in total. The summed E-state index contributed by atoms with van der Waals surface area (Å²) in [4.78, 5) is 26.4. The summed E-state index contributed by atoms with van der Waals surface area (Å²) in [6.07, 6.45) is 6.98. The molecule has 1 fully saturated rings. The van der Waals surface area contributed by atoms with Crippen LogP contribution in [0, 0.1) is 0 Å². The van der Waals surface area contributed by atoms with E-state index in [-0.39, 0.29) is 24.5 Å². The highest BCUT2D eigenvalue weighted by Gasteiger charge is 2.24. The van der Waals surface area contributed by atoms with Crippen molar-refractivity contribution in [3.8, 4) is 5.75 Å². The second-order valence-corrected chi connectivity index (χ2v) is 8.97. The first-order valence-corrected chi connectivity index (χ1v) is 11.7. The average molecular weight is 446 g/mol. The zero-order valence-corrected chi connectivity index (χ0v) is 19.6. The number of rotatable bonds is 9. The minimum Gasteiger partial charge on any atom is -0.494 e. The van der Waals surface area contributed by atoms with Gasteiger partial charge in [0.15, 0.2) is 6.54 Å². The third kappa shape index (κ3) is 6.61. The molecule has 1 aromatic carbocycles. The topological polar surface area (TPSA) is 96.9 Å². The Morgan fingerprint density at radius 2 is 2.00 bits per heavy atom. The quantitative estimate of drug-likeness (QED) is 0.345. The van der Waals surface area contributed by atoms with Gasteiger partial charge in [0.1, 0.15) is 11.4 Å². The van der Waals surface area contributed by atoms with Gasteiger partial charge in [0.2, 0.25) is 5.91 Å². The van der Waals surface area contributed by atoms with Gasteiger partial charge in [-0.1, -0.05) is 19.3 Å². The molecular weight excluding hydrogens is 408 g/mol. The summed E-state index contributed by atoms with van der Waals surface area (Å²) < 4.78 is 12.9. The maximum Gasteiger partial charge on any atom is 0.349 e. The van der Waals surface area contributed by atoms with Crippen molar-refractivity contribution in [3.63, 3.8) is 0 Å². The Balaban J connectivity index is 1.47. The van der Waals surface area contributed by atoms with E-state index in [1.165, 1.54) is 19.3 Å². The summed E-state index contributed by atoms with van der Waals surface area (Å²) in [5, 5.41) is 3.13. The molecule has 1 aliphatic carbocycles. The van der Waals surface area contributed by atoms with E-state index in [4.69, 9.17) is 15.2 Å². The zero-order chi connectivity index (χ0) is 23.1. The normalized spacial score (nSPS) is 16.4. The second-order valence-electron chi connectivity index (χ2n) is 8.97. The SMILES string of the molecule is CC(C)OC(=O)C[N+]1=C(N)Nc2ccc(OCCCC(=O)N(C)C3CCCCC3)cc2C1. The van der Waals surface area contributed by atoms with Crippen LogP contribution in [0.2, 0.25) is 0 Å². The van der Waals surface area contributed by atoms with Gasteiger partial charge in [-0.05, 0) is 51.3 Å². The molecule has 1 aliphatic heterocycles. The molecule has 1 saturated carbocycles. The summed E-state index contributed by atoms with van der Waals surface area (Å²) in [6, 6.07) is 6.16. The maximum absolute atomic E-state index is 12.5. The second kappa shape index (κ2) is 11.2. The lowest BCUT2D eigenvalue weighted by Crippen LogP contribution is -2.41. The van der Waals surface area contributed by atoms with Crippen LogP contribution in [0.15, 0.2) is 18.2 Å². The van der Waals surface area contributed by atoms with Gasteiger partial charge in [-0.2, -0.15) is 0 Å². The first-order valence-electron chi connectivity index (χ1n) is 11.7. The summed E-state index contributed by atoms with van der Waals surface area (Å²) in [5.74, 6) is 1.05. The first-order chi connectivity index (χ1) is 15.3. The van der Waals surface area contributed by atoms with Gasteiger partial charge in [-0.25, -0.2) is 14.7 Å². The fourth-order valence-corrected chi connectivity index (χ4v) is 4.28. The number of nitrogens with one attached hydrogen (secondary N) is 1. The monoisotopic (exact) mass is 445 g/mol. The maximum atomic E-state index is 12.5. The lowest BCUT2D eigenvalue weighted by Gasteiger charge is -2.31. The third-order valence-electron chi connectivity index (χ3n) is 6.05. The van der Waals surface area contributed by atoms with Crippen molar-refractivity contribution in [1.29, 1.82) is 0 Å². The van der Waals surface area contributed by atoms with Gasteiger partial charge in [0.05, 0.1) is 19.3 Å². The van der Waals surface area contributed by atoms with Crippen molar-refractivity contribution in [2.75, 3.05) is 25.5 Å². The number of nitrogens with two attached hydrogens (primary N) is 1. The Kier molecular flexibility index (Phi) is 8.36. The molecule has 1 heterocycles. The van der Waals surface area contributed by atoms with Crippen LogP contribution >= 0.6 is 0 Å². The Morgan fingerprint density at radius 3 is 2.72 bits per heavy atom. The summed E-state index contributed by atoms with van der Waals surface area (Å²) in [7, 11) is 1.93. The van der Waals surface area contributed by atoms with Crippen LogP contribution in [0.1, 0.15) is 64.4 Å². The Bertz CT molecular complexity index is 846. The molecule has 0 radical (unpaired) electrons. The number of ether oxygens (including phenoxy) is 2. The van der Waals surface area contributed by atoms with E-state index in [2.05, 4.69) is 5.32 Å². The van der Waals surface area contributed by atoms with Crippen LogP contribution < -0.4 is 15.8 Å². The molecule has 0 atom stereocenters. The summed E-state index contributed by atoms with van der Waals surface area (Å²) in [5.41, 5.74) is 7.96. The minimum absolute atomic E-state index is 0.0815. The van der Waals surface area contributed by atoms with Crippen LogP contribution in [0.3, 0.4) is 0 Å². The molecule has 1 aromatic rings. The fraction of sp³-hybridized carbons (Fsp3) is 0.625. The average Bonchev–Trinajstić information content (AvgIpc) is 2.76. The van der Waals surface area contributed by atoms with Crippen molar-refractivity contribution in [3.05, 3.63) is 23.8 Å². The molecule has 0 unspecified atom stereocenters. The lowest BCUT2D eigenvalue weighted by molar-refractivity contribution is -0.536. The first kappa shape index (κ1) is 23.9. The number of guanidine groups is 1. The summed E-state index contributed by atoms with van der Waals surface area (Å²) in [6.45, 7) is 4.69. The number of carbonyl (C=O) groups is 2. The highest BCUT2D eigenvalue weighted by atomic mass is 16.5. The van der Waals surface area contributed by atoms with Gasteiger partial charge in [-0.3, -0.25) is 10.5 Å². The minimum atomic E-state index is -0.316. The van der Waals surface area contributed by atoms with E-state index >= 15 is 0 Å². The van der Waals surface area contributed by atoms with Crippen LogP contribution in [-0.2, 0) is 20.9 Å². The predicted octanol–water partition coefficient (Wildman–Crippen LogP) is 2.84. The Labute approximate surface area is 190 Å². The summed E-state index contributed by atoms with van der Waals surface area (Å²) >= 11 is 0. The van der Waals surface area contributed by atoms with Gasteiger partial charge < -0.3 is 14.4 Å². The lowest BCUT2D eigenvalue weighted by atomic mass is 9.94. The van der Waals surface area contributed by atoms with Crippen LogP contribution in [-0.4, -0.2) is 59.7 Å². The number of esters is 1. The number of anilines is 1. The highest BCUT2D eigenvalue weighted by molar-refractivity contribution is 5.91. The molecule has 1 amide bonds. The fourth-order valence-electron chi connectivity index (χ4n) is 4.28. The molecule has 8 nitrogen and oxygen atoms in total. The standard InChI is InChI=1S/C24H36N4O4/c1-17(2)32-23(30)16-28-15-18-14-20(11-12-21(18)26-24(28)25)31-13-7-10-22(29)27(3)19-8-5-4-6-9-19/h11-12,14,17,19H,4-10,13,15-16H2,1-3H3,(H2,25,26)/p+1. The van der Waals surface area contributed by atoms with Crippen molar-refractivity contribution >= 4 is 23.5 Å². The van der Waals surface area contributed by atoms with E-state index in [9.17, 15) is 9.59 Å². The van der Waals surface area contributed by atoms with Crippen LogP contribution in [0.5, 0.6) is 5.75 Å². The van der Waals surface area contributed by atoms with E-state index in [1.54, 1.807) is 4.58 Å². The number of hydrogen-bond acceptors (Lipinski definition) is 6. The van der Waals surface area contributed by atoms with Gasteiger partial charge in [-0.15, -0.1) is 0 Å².